The Labute approximate surface area is 91.6 Å². The summed E-state index contributed by atoms with van der Waals surface area (Å²) in [6, 6.07) is 1.94. The zero-order valence-corrected chi connectivity index (χ0v) is 9.48. The molecule has 0 spiro atoms. The van der Waals surface area contributed by atoms with Gasteiger partial charge < -0.3 is 10.1 Å². The van der Waals surface area contributed by atoms with Crippen molar-refractivity contribution in [3.05, 3.63) is 18.5 Å². The summed E-state index contributed by atoms with van der Waals surface area (Å²) in [6.45, 7) is 6.79. The number of rotatable bonds is 9. The van der Waals surface area contributed by atoms with Crippen LogP contribution in [0.5, 0.6) is 0 Å². The Kier molecular flexibility index (Phi) is 6.86. The predicted octanol–water partition coefficient (Wildman–Crippen LogP) is 1.29. The minimum atomic E-state index is 0.864. The lowest BCUT2D eigenvalue weighted by molar-refractivity contribution is 0.132. The zero-order valence-electron chi connectivity index (χ0n) is 9.48. The molecule has 0 fully saturated rings. The Bertz CT molecular complexity index is 224. The molecule has 4 heteroatoms. The quantitative estimate of drug-likeness (QED) is 0.626. The minimum Gasteiger partial charge on any atom is -0.381 e. The normalized spacial score (nSPS) is 10.7. The van der Waals surface area contributed by atoms with Gasteiger partial charge in [0.15, 0.2) is 0 Å². The van der Waals surface area contributed by atoms with Gasteiger partial charge in [-0.25, -0.2) is 0 Å². The van der Waals surface area contributed by atoms with Gasteiger partial charge in [-0.3, -0.25) is 4.68 Å². The van der Waals surface area contributed by atoms with Crippen LogP contribution in [0.15, 0.2) is 18.5 Å². The van der Waals surface area contributed by atoms with Crippen LogP contribution < -0.4 is 5.32 Å². The van der Waals surface area contributed by atoms with Gasteiger partial charge in [-0.15, -0.1) is 0 Å². The van der Waals surface area contributed by atoms with Gasteiger partial charge in [0.05, 0.1) is 6.54 Å². The Balaban J connectivity index is 1.81. The van der Waals surface area contributed by atoms with E-state index in [0.717, 1.165) is 45.7 Å². The van der Waals surface area contributed by atoms with Crippen LogP contribution in [-0.4, -0.2) is 36.1 Å². The van der Waals surface area contributed by atoms with E-state index in [-0.39, 0.29) is 0 Å². The summed E-state index contributed by atoms with van der Waals surface area (Å²) in [5, 5.41) is 7.49. The molecule has 0 aliphatic rings. The monoisotopic (exact) mass is 211 g/mol. The molecule has 86 valence electrons. The van der Waals surface area contributed by atoms with Crippen LogP contribution in [0, 0.1) is 0 Å². The third kappa shape index (κ3) is 6.25. The van der Waals surface area contributed by atoms with Gasteiger partial charge in [-0.05, 0) is 25.5 Å². The van der Waals surface area contributed by atoms with E-state index in [9.17, 15) is 0 Å². The summed E-state index contributed by atoms with van der Waals surface area (Å²) in [7, 11) is 0. The van der Waals surface area contributed by atoms with Crippen molar-refractivity contribution in [1.82, 2.24) is 15.1 Å². The van der Waals surface area contributed by atoms with E-state index >= 15 is 0 Å². The fraction of sp³-hybridized carbons (Fsp3) is 0.727. The molecule has 1 heterocycles. The maximum Gasteiger partial charge on any atom is 0.0533 e. The second-order valence-electron chi connectivity index (χ2n) is 3.49. The Morgan fingerprint density at radius 2 is 2.27 bits per heavy atom. The van der Waals surface area contributed by atoms with E-state index in [1.165, 1.54) is 0 Å². The molecule has 1 rings (SSSR count). The SMILES string of the molecule is CCCOCCCNCCn1cccn1. The highest BCUT2D eigenvalue weighted by Crippen LogP contribution is 1.85. The Hall–Kier alpha value is -0.870. The minimum absolute atomic E-state index is 0.864. The molecule has 0 saturated heterocycles. The third-order valence-electron chi connectivity index (χ3n) is 2.07. The first-order valence-corrected chi connectivity index (χ1v) is 5.69. The molecule has 0 aromatic carbocycles. The van der Waals surface area contributed by atoms with Crippen molar-refractivity contribution in [3.8, 4) is 0 Å². The highest BCUT2D eigenvalue weighted by atomic mass is 16.5. The summed E-state index contributed by atoms with van der Waals surface area (Å²) < 4.78 is 7.31. The van der Waals surface area contributed by atoms with Gasteiger partial charge in [0.25, 0.3) is 0 Å². The summed E-state index contributed by atoms with van der Waals surface area (Å²) >= 11 is 0. The Morgan fingerprint density at radius 1 is 1.33 bits per heavy atom. The van der Waals surface area contributed by atoms with Gasteiger partial charge in [-0.1, -0.05) is 6.92 Å². The fourth-order valence-electron chi connectivity index (χ4n) is 1.30. The number of hydrogen-bond donors (Lipinski definition) is 1. The van der Waals surface area contributed by atoms with E-state index in [1.807, 2.05) is 16.9 Å². The molecule has 0 saturated carbocycles. The van der Waals surface area contributed by atoms with Crippen LogP contribution in [-0.2, 0) is 11.3 Å². The average molecular weight is 211 g/mol. The standard InChI is InChI=1S/C11H21N3O/c1-2-10-15-11-4-5-12-7-9-14-8-3-6-13-14/h3,6,8,12H,2,4-5,7,9-11H2,1H3. The second-order valence-corrected chi connectivity index (χ2v) is 3.49. The molecular weight excluding hydrogens is 190 g/mol. The highest BCUT2D eigenvalue weighted by molar-refractivity contribution is 4.77. The van der Waals surface area contributed by atoms with Crippen molar-refractivity contribution in [2.24, 2.45) is 0 Å². The predicted molar refractivity (Wildman–Crippen MR) is 60.8 cm³/mol. The third-order valence-corrected chi connectivity index (χ3v) is 2.07. The molecule has 0 aliphatic heterocycles. The molecule has 15 heavy (non-hydrogen) atoms. The smallest absolute Gasteiger partial charge is 0.0533 e. The van der Waals surface area contributed by atoms with Gasteiger partial charge in [-0.2, -0.15) is 5.10 Å². The molecule has 0 unspecified atom stereocenters. The summed E-state index contributed by atoms with van der Waals surface area (Å²) in [6.07, 6.45) is 5.97. The molecule has 0 amide bonds. The molecule has 0 aliphatic carbocycles. The van der Waals surface area contributed by atoms with Crippen LogP contribution in [0.25, 0.3) is 0 Å². The largest absolute Gasteiger partial charge is 0.381 e. The highest BCUT2D eigenvalue weighted by Gasteiger charge is 1.91. The first-order valence-electron chi connectivity index (χ1n) is 5.69. The van der Waals surface area contributed by atoms with Gasteiger partial charge in [0, 0.05) is 32.2 Å². The van der Waals surface area contributed by atoms with E-state index in [4.69, 9.17) is 4.74 Å². The van der Waals surface area contributed by atoms with Crippen molar-refractivity contribution in [3.63, 3.8) is 0 Å². The van der Waals surface area contributed by atoms with Crippen LogP contribution in [0.2, 0.25) is 0 Å². The van der Waals surface area contributed by atoms with Crippen LogP contribution in [0.1, 0.15) is 19.8 Å². The topological polar surface area (TPSA) is 39.1 Å². The molecule has 1 aromatic rings. The lowest BCUT2D eigenvalue weighted by atomic mass is 10.4. The number of nitrogens with zero attached hydrogens (tertiary/aromatic N) is 2. The first-order chi connectivity index (χ1) is 7.43. The number of ether oxygens (including phenoxy) is 1. The molecule has 0 radical (unpaired) electrons. The Morgan fingerprint density at radius 3 is 3.00 bits per heavy atom. The summed E-state index contributed by atoms with van der Waals surface area (Å²) in [5.41, 5.74) is 0. The molecule has 0 atom stereocenters. The van der Waals surface area contributed by atoms with Crippen molar-refractivity contribution < 1.29 is 4.74 Å². The lowest BCUT2D eigenvalue weighted by Crippen LogP contribution is -2.22. The zero-order chi connectivity index (χ0) is 10.8. The summed E-state index contributed by atoms with van der Waals surface area (Å²) in [4.78, 5) is 0. The first kappa shape index (κ1) is 12.2. The molecule has 1 aromatic heterocycles. The van der Waals surface area contributed by atoms with Crippen LogP contribution in [0.4, 0.5) is 0 Å². The molecular formula is C11H21N3O. The number of nitrogens with one attached hydrogen (secondary N) is 1. The van der Waals surface area contributed by atoms with E-state index in [1.54, 1.807) is 6.20 Å². The van der Waals surface area contributed by atoms with E-state index < -0.39 is 0 Å². The molecule has 1 N–H and O–H groups in total. The number of aromatic nitrogens is 2. The second kappa shape index (κ2) is 8.44. The lowest BCUT2D eigenvalue weighted by Gasteiger charge is -2.05. The number of hydrogen-bond acceptors (Lipinski definition) is 3. The van der Waals surface area contributed by atoms with Crippen molar-refractivity contribution >= 4 is 0 Å². The van der Waals surface area contributed by atoms with E-state index in [0.29, 0.717) is 0 Å². The van der Waals surface area contributed by atoms with Crippen LogP contribution >= 0.6 is 0 Å². The van der Waals surface area contributed by atoms with E-state index in [2.05, 4.69) is 17.3 Å². The van der Waals surface area contributed by atoms with Crippen molar-refractivity contribution in [1.29, 1.82) is 0 Å². The van der Waals surface area contributed by atoms with Gasteiger partial charge in [0.2, 0.25) is 0 Å². The maximum atomic E-state index is 5.38. The summed E-state index contributed by atoms with van der Waals surface area (Å²) in [5.74, 6) is 0. The van der Waals surface area contributed by atoms with Gasteiger partial charge in [0.1, 0.15) is 0 Å². The molecule has 4 nitrogen and oxygen atoms in total. The average Bonchev–Trinajstić information content (AvgIpc) is 2.75. The van der Waals surface area contributed by atoms with Crippen molar-refractivity contribution in [2.75, 3.05) is 26.3 Å². The molecule has 0 bridgehead atoms. The maximum absolute atomic E-state index is 5.38. The van der Waals surface area contributed by atoms with Crippen molar-refractivity contribution in [2.45, 2.75) is 26.3 Å². The fourth-order valence-corrected chi connectivity index (χ4v) is 1.30. The van der Waals surface area contributed by atoms with Crippen LogP contribution in [0.3, 0.4) is 0 Å². The van der Waals surface area contributed by atoms with Gasteiger partial charge >= 0.3 is 0 Å².